The fourth-order valence-electron chi connectivity index (χ4n) is 7.18. The Morgan fingerprint density at radius 2 is 0.925 bits per heavy atom. The molecule has 5 amide bonds. The molecular weight excluding hydrogens is 1080 g/mol. The molecular formula is C55H55N15O7S3. The fraction of sp³-hybridized carbons (Fsp3) is 0.200. The first kappa shape index (κ1) is 58.7. The SMILES string of the molecule is CC(=O)Nc1nc2ccc(-c3ccc(C(=O)N=CN(C)C)cc3)nc2s1.CC(=O)Nc1nc2ccc(-c3ccc(C(N)=O)cc3)nc2s1.CC(=O)Nc1nc2ccc(-c3ccc(C4=NN=CC4)cc3)nc2s1.COC(OC)N(C)C. The number of benzene rings is 3. The van der Waals surface area contributed by atoms with E-state index in [-0.39, 0.29) is 30.0 Å². The number of nitrogens with zero attached hydrogens (tertiary/aromatic N) is 11. The molecule has 3 aromatic carbocycles. The van der Waals surface area contributed by atoms with Gasteiger partial charge in [-0.2, -0.15) is 15.2 Å². The van der Waals surface area contributed by atoms with E-state index in [0.29, 0.717) is 26.5 Å². The van der Waals surface area contributed by atoms with Gasteiger partial charge in [-0.1, -0.05) is 82.5 Å². The van der Waals surface area contributed by atoms with Crippen molar-refractivity contribution in [3.63, 3.8) is 0 Å². The first-order valence-corrected chi connectivity index (χ1v) is 26.6. The number of nitrogens with two attached hydrogens (primary N) is 1. The van der Waals surface area contributed by atoms with Gasteiger partial charge in [-0.05, 0) is 80.3 Å². The number of aliphatic imine (C=N–C) groups is 1. The molecule has 0 atom stereocenters. The van der Waals surface area contributed by atoms with Crippen molar-refractivity contribution in [3.8, 4) is 33.8 Å². The number of carbonyl (C=O) groups is 5. The zero-order chi connectivity index (χ0) is 57.5. The van der Waals surface area contributed by atoms with Gasteiger partial charge in [-0.3, -0.25) is 28.9 Å². The molecule has 0 saturated carbocycles. The monoisotopic (exact) mass is 1130 g/mol. The Balaban J connectivity index is 0.000000163. The van der Waals surface area contributed by atoms with Gasteiger partial charge in [0.25, 0.3) is 5.91 Å². The summed E-state index contributed by atoms with van der Waals surface area (Å²) in [6.07, 6.45) is 3.84. The second-order valence-electron chi connectivity index (χ2n) is 17.6. The Kier molecular flexibility index (Phi) is 20.2. The molecule has 80 heavy (non-hydrogen) atoms. The largest absolute Gasteiger partial charge is 0.369 e. The van der Waals surface area contributed by atoms with Crippen molar-refractivity contribution in [2.45, 2.75) is 33.6 Å². The molecule has 5 N–H and O–H groups in total. The molecule has 410 valence electrons. The first-order chi connectivity index (χ1) is 38.3. The molecule has 1 aliphatic heterocycles. The molecule has 0 unspecified atom stereocenters. The van der Waals surface area contributed by atoms with Gasteiger partial charge < -0.3 is 36.1 Å². The highest BCUT2D eigenvalue weighted by atomic mass is 32.1. The first-order valence-electron chi connectivity index (χ1n) is 24.2. The molecule has 0 aliphatic carbocycles. The van der Waals surface area contributed by atoms with Crippen LogP contribution in [0.5, 0.6) is 0 Å². The summed E-state index contributed by atoms with van der Waals surface area (Å²) in [5.41, 5.74) is 15.7. The Morgan fingerprint density at radius 3 is 1.24 bits per heavy atom. The summed E-state index contributed by atoms with van der Waals surface area (Å²) in [6, 6.07) is 33.4. The molecule has 22 nitrogen and oxygen atoms in total. The Labute approximate surface area is 471 Å². The van der Waals surface area contributed by atoms with Crippen LogP contribution in [0.1, 0.15) is 53.5 Å². The number of carbonyl (C=O) groups excluding carboxylic acids is 5. The summed E-state index contributed by atoms with van der Waals surface area (Å²) in [5, 5.41) is 17.6. The Hall–Kier alpha value is -8.98. The fourth-order valence-corrected chi connectivity index (χ4v) is 9.83. The minimum absolute atomic E-state index is 0.135. The lowest BCUT2D eigenvalue weighted by Gasteiger charge is -2.19. The highest BCUT2D eigenvalue weighted by Crippen LogP contribution is 2.31. The third kappa shape index (κ3) is 16.3. The van der Waals surface area contributed by atoms with Crippen LogP contribution in [0.3, 0.4) is 0 Å². The van der Waals surface area contributed by atoms with E-state index in [1.54, 1.807) is 75.8 Å². The average molecular weight is 1130 g/mol. The van der Waals surface area contributed by atoms with Crippen molar-refractivity contribution in [1.82, 2.24) is 39.7 Å². The highest BCUT2D eigenvalue weighted by Gasteiger charge is 2.14. The van der Waals surface area contributed by atoms with E-state index >= 15 is 0 Å². The quantitative estimate of drug-likeness (QED) is 0.0476. The summed E-state index contributed by atoms with van der Waals surface area (Å²) in [7, 11) is 10.6. The number of nitrogens with one attached hydrogen (secondary N) is 3. The average Bonchev–Trinajstić information content (AvgIpc) is 4.29. The zero-order valence-corrected chi connectivity index (χ0v) is 47.4. The topological polar surface area (TPSA) is 287 Å². The van der Waals surface area contributed by atoms with Gasteiger partial charge in [-0.15, -0.1) is 0 Å². The number of ether oxygens (including phenoxy) is 2. The maximum absolute atomic E-state index is 12.0. The highest BCUT2D eigenvalue weighted by molar-refractivity contribution is 7.22. The minimum atomic E-state index is -0.461. The number of hydrogen-bond acceptors (Lipinski definition) is 19. The lowest BCUT2D eigenvalue weighted by Crippen LogP contribution is -2.30. The number of anilines is 3. The third-order valence-corrected chi connectivity index (χ3v) is 13.4. The van der Waals surface area contributed by atoms with E-state index in [9.17, 15) is 24.0 Å². The predicted octanol–water partition coefficient (Wildman–Crippen LogP) is 9.08. The van der Waals surface area contributed by atoms with Crippen molar-refractivity contribution in [2.75, 3.05) is 58.4 Å². The zero-order valence-electron chi connectivity index (χ0n) is 44.9. The molecule has 0 spiro atoms. The summed E-state index contributed by atoms with van der Waals surface area (Å²) < 4.78 is 9.73. The molecule has 7 heterocycles. The van der Waals surface area contributed by atoms with Gasteiger partial charge in [0, 0.05) is 89.5 Å². The number of fused-ring (bicyclic) bond motifs is 3. The van der Waals surface area contributed by atoms with Crippen LogP contribution < -0.4 is 21.7 Å². The van der Waals surface area contributed by atoms with Crippen LogP contribution in [0.4, 0.5) is 15.4 Å². The minimum Gasteiger partial charge on any atom is -0.369 e. The third-order valence-electron chi connectivity index (χ3n) is 10.8. The van der Waals surface area contributed by atoms with Crippen LogP contribution in [0.2, 0.25) is 0 Å². The summed E-state index contributed by atoms with van der Waals surface area (Å²) in [6.45, 7) is 4.34. The van der Waals surface area contributed by atoms with E-state index in [2.05, 4.69) is 61.0 Å². The number of amides is 5. The van der Waals surface area contributed by atoms with E-state index in [0.717, 1.165) is 82.5 Å². The van der Waals surface area contributed by atoms with E-state index < -0.39 is 5.91 Å². The van der Waals surface area contributed by atoms with Crippen LogP contribution in [0.25, 0.3) is 64.8 Å². The number of hydrogen-bond donors (Lipinski definition) is 4. The molecule has 0 fully saturated rings. The van der Waals surface area contributed by atoms with Crippen molar-refractivity contribution in [3.05, 3.63) is 126 Å². The normalized spacial score (nSPS) is 11.6. The van der Waals surface area contributed by atoms with E-state index in [1.807, 2.05) is 91.8 Å². The van der Waals surface area contributed by atoms with E-state index in [1.165, 1.54) is 61.1 Å². The lowest BCUT2D eigenvalue weighted by atomic mass is 10.0. The van der Waals surface area contributed by atoms with Crippen molar-refractivity contribution >= 4 is 128 Å². The molecule has 0 radical (unpaired) electrons. The van der Waals surface area contributed by atoms with Gasteiger partial charge in [-0.25, -0.2) is 29.9 Å². The van der Waals surface area contributed by atoms with Crippen molar-refractivity contribution in [2.24, 2.45) is 20.9 Å². The molecule has 9 aromatic rings. The summed E-state index contributed by atoms with van der Waals surface area (Å²) >= 11 is 4.00. The Morgan fingerprint density at radius 1 is 0.550 bits per heavy atom. The van der Waals surface area contributed by atoms with Crippen LogP contribution in [-0.2, 0) is 23.9 Å². The summed E-state index contributed by atoms with van der Waals surface area (Å²) in [4.78, 5) is 92.8. The number of aromatic nitrogens is 6. The number of primary amides is 1. The van der Waals surface area contributed by atoms with Crippen LogP contribution in [0, 0.1) is 0 Å². The van der Waals surface area contributed by atoms with Crippen molar-refractivity contribution < 1.29 is 33.4 Å². The number of rotatable bonds is 13. The number of thiazole rings is 3. The smallest absolute Gasteiger partial charge is 0.278 e. The number of methoxy groups -OCH3 is 2. The molecule has 25 heteroatoms. The lowest BCUT2D eigenvalue weighted by molar-refractivity contribution is -0.179. The molecule has 10 rings (SSSR count). The second-order valence-corrected chi connectivity index (χ2v) is 20.5. The molecule has 0 bridgehead atoms. The number of pyridine rings is 3. The van der Waals surface area contributed by atoms with Gasteiger partial charge >= 0.3 is 0 Å². The maximum atomic E-state index is 12.0. The van der Waals surface area contributed by atoms with Gasteiger partial charge in [0.1, 0.15) is 31.0 Å². The van der Waals surface area contributed by atoms with Crippen LogP contribution in [0.15, 0.2) is 124 Å². The van der Waals surface area contributed by atoms with Crippen LogP contribution in [-0.4, -0.2) is 136 Å². The standard InChI is InChI=1S/C18H17N5O2S.C17H13N5OS.C15H12N4O2S.C5H13NO2/c1-11(24)20-18-22-15-9-8-14(21-17(15)26-18)12-4-6-13(7-5-12)16(25)19-10-23(2)3;1-10(23)19-17-21-15-7-6-13(20-16(15)24-17)11-2-4-12(5-3-11)14-8-9-18-22-14;1-8(20)17-15-19-12-7-6-11(18-14(12)22-15)9-2-4-10(5-3-9)13(16)21;1-6(2)5(7-3)8-4/h4-10H,1-3H3,(H,20,22,24);2-7,9H,8H2,1H3,(H,19,21,23);2-7H,1H3,(H2,16,21)(H,17,19,20);5H,1-4H3. The second kappa shape index (κ2) is 27.6. The maximum Gasteiger partial charge on any atom is 0.278 e. The van der Waals surface area contributed by atoms with E-state index in [4.69, 9.17) is 15.2 Å². The summed E-state index contributed by atoms with van der Waals surface area (Å²) in [5.74, 6) is -1.22. The van der Waals surface area contributed by atoms with Gasteiger partial charge in [0.15, 0.2) is 15.4 Å². The van der Waals surface area contributed by atoms with Crippen LogP contribution >= 0.6 is 34.0 Å². The predicted molar refractivity (Wildman–Crippen MR) is 318 cm³/mol. The van der Waals surface area contributed by atoms with Gasteiger partial charge in [0.2, 0.25) is 30.0 Å². The van der Waals surface area contributed by atoms with Gasteiger partial charge in [0.05, 0.1) is 29.1 Å². The molecule has 6 aromatic heterocycles. The molecule has 0 saturated heterocycles. The molecule has 1 aliphatic rings. The Bertz CT molecular complexity index is 3760. The van der Waals surface area contributed by atoms with Crippen molar-refractivity contribution in [1.29, 1.82) is 0 Å².